The molecule has 10 heteroatoms. The van der Waals surface area contributed by atoms with Gasteiger partial charge in [0.15, 0.2) is 12.4 Å². The van der Waals surface area contributed by atoms with Gasteiger partial charge in [-0.2, -0.15) is 4.98 Å². The summed E-state index contributed by atoms with van der Waals surface area (Å²) in [5, 5.41) is 6.50. The Labute approximate surface area is 175 Å². The smallest absolute Gasteiger partial charge is 0.262 e. The first kappa shape index (κ1) is 19.3. The Morgan fingerprint density at radius 2 is 2.06 bits per heavy atom. The molecule has 0 fully saturated rings. The van der Waals surface area contributed by atoms with Crippen molar-refractivity contribution in [2.75, 3.05) is 23.4 Å². The van der Waals surface area contributed by atoms with E-state index < -0.39 is 11.6 Å². The highest BCUT2D eigenvalue weighted by Crippen LogP contribution is 2.38. The predicted molar refractivity (Wildman–Crippen MR) is 105 cm³/mol. The summed E-state index contributed by atoms with van der Waals surface area (Å²) in [4.78, 5) is 17.8. The number of amides is 1. The number of aryl methyl sites for hydroxylation is 1. The number of halogens is 2. The fraction of sp³-hybridized carbons (Fsp3) is 0.286. The number of hydrogen-bond donors (Lipinski definition) is 1. The minimum Gasteiger partial charge on any atom is -0.489 e. The normalized spacial score (nSPS) is 17.3. The molecule has 0 bridgehead atoms. The zero-order valence-corrected chi connectivity index (χ0v) is 16.5. The van der Waals surface area contributed by atoms with Crippen molar-refractivity contribution < 1.29 is 27.6 Å². The fourth-order valence-corrected chi connectivity index (χ4v) is 3.77. The van der Waals surface area contributed by atoms with Crippen LogP contribution in [0.1, 0.15) is 17.3 Å². The van der Waals surface area contributed by atoms with Crippen LogP contribution in [0.3, 0.4) is 0 Å². The van der Waals surface area contributed by atoms with Crippen LogP contribution in [0.25, 0.3) is 0 Å². The van der Waals surface area contributed by atoms with E-state index in [4.69, 9.17) is 14.0 Å². The third-order valence-electron chi connectivity index (χ3n) is 5.21. The van der Waals surface area contributed by atoms with E-state index in [-0.39, 0.29) is 37.5 Å². The summed E-state index contributed by atoms with van der Waals surface area (Å²) in [7, 11) is 0. The van der Waals surface area contributed by atoms with E-state index >= 15 is 0 Å². The minimum atomic E-state index is -0.475. The van der Waals surface area contributed by atoms with Crippen molar-refractivity contribution >= 4 is 17.3 Å². The van der Waals surface area contributed by atoms with Crippen molar-refractivity contribution in [1.82, 2.24) is 10.1 Å². The first-order valence-corrected chi connectivity index (χ1v) is 9.69. The van der Waals surface area contributed by atoms with E-state index in [0.717, 1.165) is 0 Å². The Bertz CT molecular complexity index is 1170. The number of nitrogens with zero attached hydrogens (tertiary/aromatic N) is 3. The molecule has 0 saturated carbocycles. The number of nitrogens with one attached hydrogen (secondary N) is 1. The van der Waals surface area contributed by atoms with E-state index in [1.807, 2.05) is 4.90 Å². The van der Waals surface area contributed by atoms with Gasteiger partial charge in [-0.05, 0) is 25.1 Å². The summed E-state index contributed by atoms with van der Waals surface area (Å²) in [5.74, 6) is 0.380. The van der Waals surface area contributed by atoms with Crippen molar-refractivity contribution in [1.29, 1.82) is 0 Å². The molecule has 160 valence electrons. The average molecular weight is 428 g/mol. The Kier molecular flexibility index (Phi) is 4.68. The van der Waals surface area contributed by atoms with Crippen molar-refractivity contribution in [3.8, 4) is 11.5 Å². The van der Waals surface area contributed by atoms with Gasteiger partial charge in [0.2, 0.25) is 5.89 Å². The van der Waals surface area contributed by atoms with E-state index in [9.17, 15) is 13.6 Å². The van der Waals surface area contributed by atoms with Gasteiger partial charge in [-0.15, -0.1) is 0 Å². The summed E-state index contributed by atoms with van der Waals surface area (Å²) in [6.45, 7) is 1.94. The highest BCUT2D eigenvalue weighted by atomic mass is 19.1. The second-order valence-corrected chi connectivity index (χ2v) is 7.42. The number of hydrogen-bond acceptors (Lipinski definition) is 7. The van der Waals surface area contributed by atoms with E-state index in [2.05, 4.69) is 15.5 Å². The molecule has 1 unspecified atom stereocenters. The van der Waals surface area contributed by atoms with Crippen molar-refractivity contribution in [2.24, 2.45) is 0 Å². The van der Waals surface area contributed by atoms with E-state index in [0.29, 0.717) is 40.8 Å². The quantitative estimate of drug-likeness (QED) is 0.683. The molecule has 0 radical (unpaired) electrons. The van der Waals surface area contributed by atoms with Gasteiger partial charge >= 0.3 is 0 Å². The summed E-state index contributed by atoms with van der Waals surface area (Å²) in [6.07, 6.45) is 0.365. The number of ether oxygens (including phenoxy) is 2. The minimum absolute atomic E-state index is 0.148. The van der Waals surface area contributed by atoms with Crippen LogP contribution >= 0.6 is 0 Å². The molecule has 2 aliphatic rings. The van der Waals surface area contributed by atoms with Gasteiger partial charge < -0.3 is 24.2 Å². The van der Waals surface area contributed by atoms with Crippen LogP contribution in [-0.4, -0.2) is 35.3 Å². The number of rotatable bonds is 4. The van der Waals surface area contributed by atoms with Crippen LogP contribution in [0.4, 0.5) is 20.2 Å². The van der Waals surface area contributed by atoms with Gasteiger partial charge in [-0.25, -0.2) is 8.78 Å². The van der Waals surface area contributed by atoms with Gasteiger partial charge in [-0.1, -0.05) is 5.16 Å². The number of aromatic nitrogens is 2. The highest BCUT2D eigenvalue weighted by molar-refractivity contribution is 5.95. The van der Waals surface area contributed by atoms with E-state index in [1.54, 1.807) is 19.1 Å². The first-order chi connectivity index (χ1) is 15.0. The van der Waals surface area contributed by atoms with Crippen LogP contribution in [0.15, 0.2) is 34.9 Å². The molecular formula is C21H18F2N4O4. The zero-order chi connectivity index (χ0) is 21.5. The number of fused-ring (bicyclic) bond motifs is 2. The SMILES string of the molecule is Cc1noc(CC2COc3cc(F)ccc3N2Cc2cc3c(cc2F)OCC(=O)N3)n1. The van der Waals surface area contributed by atoms with Gasteiger partial charge in [0.05, 0.1) is 23.8 Å². The molecule has 1 aromatic heterocycles. The van der Waals surface area contributed by atoms with Gasteiger partial charge in [0.1, 0.15) is 29.7 Å². The fourth-order valence-electron chi connectivity index (χ4n) is 3.77. The topological polar surface area (TPSA) is 89.7 Å². The summed E-state index contributed by atoms with van der Waals surface area (Å²) in [6, 6.07) is 6.76. The Morgan fingerprint density at radius 1 is 1.19 bits per heavy atom. The first-order valence-electron chi connectivity index (χ1n) is 9.69. The Balaban J connectivity index is 1.50. The summed E-state index contributed by atoms with van der Waals surface area (Å²) >= 11 is 0. The lowest BCUT2D eigenvalue weighted by molar-refractivity contribution is -0.118. The highest BCUT2D eigenvalue weighted by Gasteiger charge is 2.31. The monoisotopic (exact) mass is 428 g/mol. The average Bonchev–Trinajstić information content (AvgIpc) is 3.15. The Morgan fingerprint density at radius 3 is 2.87 bits per heavy atom. The second-order valence-electron chi connectivity index (χ2n) is 7.42. The number of benzene rings is 2. The summed E-state index contributed by atoms with van der Waals surface area (Å²) < 4.78 is 44.9. The molecule has 2 aliphatic heterocycles. The molecule has 1 amide bonds. The van der Waals surface area contributed by atoms with Crippen molar-refractivity contribution in [2.45, 2.75) is 25.9 Å². The lowest BCUT2D eigenvalue weighted by Crippen LogP contribution is -2.44. The molecule has 8 nitrogen and oxygen atoms in total. The van der Waals surface area contributed by atoms with E-state index in [1.165, 1.54) is 18.2 Å². The number of carbonyl (C=O) groups is 1. The molecule has 1 N–H and O–H groups in total. The number of carbonyl (C=O) groups excluding carboxylic acids is 1. The van der Waals surface area contributed by atoms with Gasteiger partial charge in [0.25, 0.3) is 5.91 Å². The molecule has 5 rings (SSSR count). The maximum atomic E-state index is 14.9. The van der Waals surface area contributed by atoms with Crippen LogP contribution < -0.4 is 19.7 Å². The van der Waals surface area contributed by atoms with Gasteiger partial charge in [-0.3, -0.25) is 4.79 Å². The lowest BCUT2D eigenvalue weighted by Gasteiger charge is -2.38. The van der Waals surface area contributed by atoms with Crippen molar-refractivity contribution in [3.05, 3.63) is 59.2 Å². The maximum Gasteiger partial charge on any atom is 0.262 e. The molecule has 0 saturated heterocycles. The molecule has 3 heterocycles. The standard InChI is InChI=1S/C21H18F2N4O4/c1-11-24-21(31-26-11)6-14-9-29-19-5-13(22)2-3-17(19)27(14)8-12-4-16-18(7-15(12)23)30-10-20(28)25-16/h2-5,7,14H,6,8-10H2,1H3,(H,25,28). The zero-order valence-electron chi connectivity index (χ0n) is 16.5. The van der Waals surface area contributed by atoms with Crippen LogP contribution in [0, 0.1) is 18.6 Å². The predicted octanol–water partition coefficient (Wildman–Crippen LogP) is 3.00. The number of anilines is 2. The molecule has 1 atom stereocenters. The molecule has 31 heavy (non-hydrogen) atoms. The lowest BCUT2D eigenvalue weighted by atomic mass is 10.1. The third kappa shape index (κ3) is 3.76. The molecule has 0 aliphatic carbocycles. The van der Waals surface area contributed by atoms with Gasteiger partial charge in [0, 0.05) is 24.2 Å². The second kappa shape index (κ2) is 7.53. The Hall–Kier alpha value is -3.69. The third-order valence-corrected chi connectivity index (χ3v) is 5.21. The molecule has 3 aromatic rings. The van der Waals surface area contributed by atoms with Crippen LogP contribution in [-0.2, 0) is 17.8 Å². The summed E-state index contributed by atoms with van der Waals surface area (Å²) in [5.41, 5.74) is 1.36. The van der Waals surface area contributed by atoms with Crippen LogP contribution in [0.2, 0.25) is 0 Å². The molecular weight excluding hydrogens is 410 g/mol. The maximum absolute atomic E-state index is 14.9. The van der Waals surface area contributed by atoms with Crippen LogP contribution in [0.5, 0.6) is 11.5 Å². The van der Waals surface area contributed by atoms with Crippen molar-refractivity contribution in [3.63, 3.8) is 0 Å². The largest absolute Gasteiger partial charge is 0.489 e. The molecule has 2 aromatic carbocycles. The molecule has 0 spiro atoms.